The molecular formula is C16H14ClN5O. The lowest BCUT2D eigenvalue weighted by Gasteiger charge is -2.18. The van der Waals surface area contributed by atoms with E-state index in [4.69, 9.17) is 17.3 Å². The quantitative estimate of drug-likeness (QED) is 0.718. The molecule has 0 unspecified atom stereocenters. The average Bonchev–Trinajstić information content (AvgIpc) is 2.82. The van der Waals surface area contributed by atoms with Gasteiger partial charge in [-0.2, -0.15) is 0 Å². The van der Waals surface area contributed by atoms with Gasteiger partial charge >= 0.3 is 0 Å². The van der Waals surface area contributed by atoms with Gasteiger partial charge in [-0.1, -0.05) is 11.6 Å². The van der Waals surface area contributed by atoms with Crippen molar-refractivity contribution in [1.82, 2.24) is 19.9 Å². The number of nitrogens with zero attached hydrogens (tertiary/aromatic N) is 3. The van der Waals surface area contributed by atoms with Crippen molar-refractivity contribution in [2.24, 2.45) is 0 Å². The summed E-state index contributed by atoms with van der Waals surface area (Å²) in [6.07, 6.45) is 3.34. The lowest BCUT2D eigenvalue weighted by atomic mass is 10.0. The molecule has 116 valence electrons. The Balaban J connectivity index is 2.10. The van der Waals surface area contributed by atoms with Crippen molar-refractivity contribution in [2.45, 2.75) is 13.5 Å². The summed E-state index contributed by atoms with van der Waals surface area (Å²) in [6, 6.07) is 3.77. The fourth-order valence-corrected chi connectivity index (χ4v) is 3.41. The third-order valence-corrected chi connectivity index (χ3v) is 4.41. The van der Waals surface area contributed by atoms with Crippen molar-refractivity contribution >= 4 is 34.4 Å². The monoisotopic (exact) mass is 327 g/mol. The van der Waals surface area contributed by atoms with E-state index >= 15 is 0 Å². The summed E-state index contributed by atoms with van der Waals surface area (Å²) in [5, 5.41) is 4.46. The number of anilines is 1. The molecule has 0 fully saturated rings. The third kappa shape index (κ3) is 2.06. The fourth-order valence-electron chi connectivity index (χ4n) is 3.20. The van der Waals surface area contributed by atoms with Gasteiger partial charge in [0.1, 0.15) is 5.69 Å². The van der Waals surface area contributed by atoms with Gasteiger partial charge in [-0.3, -0.25) is 4.79 Å². The highest BCUT2D eigenvalue weighted by atomic mass is 35.5. The number of nitrogens with one attached hydrogen (secondary N) is 1. The van der Waals surface area contributed by atoms with Crippen LogP contribution in [0.4, 0.5) is 5.95 Å². The summed E-state index contributed by atoms with van der Waals surface area (Å²) in [6.45, 7) is 3.27. The number of aryl methyl sites for hydroxylation is 1. The smallest absolute Gasteiger partial charge is 0.268 e. The lowest BCUT2D eigenvalue weighted by molar-refractivity contribution is 0.0928. The highest BCUT2D eigenvalue weighted by Gasteiger charge is 2.25. The Morgan fingerprint density at radius 1 is 1.30 bits per heavy atom. The molecule has 1 aliphatic rings. The Morgan fingerprint density at radius 3 is 2.78 bits per heavy atom. The lowest BCUT2D eigenvalue weighted by Crippen LogP contribution is -2.35. The fraction of sp³-hybridized carbons (Fsp3) is 0.188. The second-order valence-corrected chi connectivity index (χ2v) is 6.00. The predicted octanol–water partition coefficient (Wildman–Crippen LogP) is 2.39. The molecule has 3 heterocycles. The topological polar surface area (TPSA) is 85.8 Å². The number of hydrogen-bond donors (Lipinski definition) is 2. The minimum atomic E-state index is -0.0550. The summed E-state index contributed by atoms with van der Waals surface area (Å²) in [4.78, 5) is 20.4. The SMILES string of the molecule is Cc1c2n(c3c(-c4cnc(N)nc4)cc(Cl)cc13)CCNC2=O. The first-order valence-electron chi connectivity index (χ1n) is 7.24. The zero-order valence-electron chi connectivity index (χ0n) is 12.4. The Bertz CT molecular complexity index is 945. The van der Waals surface area contributed by atoms with Gasteiger partial charge in [0.15, 0.2) is 0 Å². The van der Waals surface area contributed by atoms with E-state index in [2.05, 4.69) is 15.3 Å². The van der Waals surface area contributed by atoms with Crippen molar-refractivity contribution in [3.8, 4) is 11.1 Å². The first-order valence-corrected chi connectivity index (χ1v) is 7.62. The number of nitrogens with two attached hydrogens (primary N) is 1. The van der Waals surface area contributed by atoms with Crippen molar-refractivity contribution in [3.63, 3.8) is 0 Å². The van der Waals surface area contributed by atoms with Crippen LogP contribution >= 0.6 is 11.6 Å². The minimum absolute atomic E-state index is 0.0550. The molecule has 1 aliphatic heterocycles. The molecular weight excluding hydrogens is 314 g/mol. The molecule has 0 atom stereocenters. The van der Waals surface area contributed by atoms with Crippen LogP contribution in [0.1, 0.15) is 16.1 Å². The van der Waals surface area contributed by atoms with Gasteiger partial charge in [-0.15, -0.1) is 0 Å². The highest BCUT2D eigenvalue weighted by Crippen LogP contribution is 2.37. The third-order valence-electron chi connectivity index (χ3n) is 4.19. The number of amides is 1. The first-order chi connectivity index (χ1) is 11.1. The summed E-state index contributed by atoms with van der Waals surface area (Å²) in [7, 11) is 0. The van der Waals surface area contributed by atoms with Gasteiger partial charge in [-0.25, -0.2) is 9.97 Å². The summed E-state index contributed by atoms with van der Waals surface area (Å²) < 4.78 is 2.05. The molecule has 0 aliphatic carbocycles. The highest BCUT2D eigenvalue weighted by molar-refractivity contribution is 6.32. The number of carbonyl (C=O) groups is 1. The van der Waals surface area contributed by atoms with Crippen LogP contribution in [0.2, 0.25) is 5.02 Å². The number of rotatable bonds is 1. The summed E-state index contributed by atoms with van der Waals surface area (Å²) in [5.41, 5.74) is 9.88. The molecule has 6 nitrogen and oxygen atoms in total. The molecule has 23 heavy (non-hydrogen) atoms. The van der Waals surface area contributed by atoms with Gasteiger partial charge in [-0.05, 0) is 24.6 Å². The van der Waals surface area contributed by atoms with E-state index in [0.29, 0.717) is 17.3 Å². The van der Waals surface area contributed by atoms with E-state index in [-0.39, 0.29) is 11.9 Å². The molecule has 0 bridgehead atoms. The van der Waals surface area contributed by atoms with Gasteiger partial charge in [0.05, 0.1) is 5.52 Å². The summed E-state index contributed by atoms with van der Waals surface area (Å²) in [5.74, 6) is 0.167. The van der Waals surface area contributed by atoms with Gasteiger partial charge in [0, 0.05) is 47.0 Å². The maximum Gasteiger partial charge on any atom is 0.268 e. The van der Waals surface area contributed by atoms with Gasteiger partial charge < -0.3 is 15.6 Å². The van der Waals surface area contributed by atoms with Crippen LogP contribution in [-0.4, -0.2) is 27.0 Å². The largest absolute Gasteiger partial charge is 0.368 e. The Morgan fingerprint density at radius 2 is 2.04 bits per heavy atom. The second kappa shape index (κ2) is 4.96. The predicted molar refractivity (Wildman–Crippen MR) is 89.5 cm³/mol. The van der Waals surface area contributed by atoms with E-state index in [9.17, 15) is 4.79 Å². The Labute approximate surface area is 137 Å². The van der Waals surface area contributed by atoms with Crippen molar-refractivity contribution in [3.05, 3.63) is 40.8 Å². The van der Waals surface area contributed by atoms with E-state index < -0.39 is 0 Å². The molecule has 3 N–H and O–H groups in total. The van der Waals surface area contributed by atoms with Gasteiger partial charge in [0.25, 0.3) is 5.91 Å². The second-order valence-electron chi connectivity index (χ2n) is 5.56. The van der Waals surface area contributed by atoms with Crippen LogP contribution in [0, 0.1) is 6.92 Å². The number of aromatic nitrogens is 3. The zero-order chi connectivity index (χ0) is 16.1. The Kier molecular flexibility index (Phi) is 3.02. The molecule has 0 spiro atoms. The van der Waals surface area contributed by atoms with Crippen LogP contribution in [-0.2, 0) is 6.54 Å². The Hall–Kier alpha value is -2.60. The van der Waals surface area contributed by atoms with Crippen LogP contribution in [0.25, 0.3) is 22.0 Å². The molecule has 2 aromatic heterocycles. The van der Waals surface area contributed by atoms with E-state index in [0.717, 1.165) is 34.1 Å². The number of benzene rings is 1. The van der Waals surface area contributed by atoms with Crippen LogP contribution < -0.4 is 11.1 Å². The normalized spacial score (nSPS) is 13.9. The number of fused-ring (bicyclic) bond motifs is 3. The molecule has 0 radical (unpaired) electrons. The van der Waals surface area contributed by atoms with Crippen LogP contribution in [0.15, 0.2) is 24.5 Å². The molecule has 1 aromatic carbocycles. The molecule has 0 saturated heterocycles. The molecule has 4 rings (SSSR count). The number of halogens is 1. The zero-order valence-corrected chi connectivity index (χ0v) is 13.2. The number of hydrogen-bond acceptors (Lipinski definition) is 4. The van der Waals surface area contributed by atoms with Crippen LogP contribution in [0.5, 0.6) is 0 Å². The average molecular weight is 328 g/mol. The maximum absolute atomic E-state index is 12.2. The number of nitrogen functional groups attached to an aromatic ring is 1. The number of carbonyl (C=O) groups excluding carboxylic acids is 1. The van der Waals surface area contributed by atoms with E-state index in [1.165, 1.54) is 0 Å². The van der Waals surface area contributed by atoms with Crippen molar-refractivity contribution in [2.75, 3.05) is 12.3 Å². The maximum atomic E-state index is 12.2. The van der Waals surface area contributed by atoms with Crippen molar-refractivity contribution < 1.29 is 4.79 Å². The molecule has 1 amide bonds. The first kappa shape index (κ1) is 14.0. The van der Waals surface area contributed by atoms with E-state index in [1.807, 2.05) is 23.6 Å². The van der Waals surface area contributed by atoms with E-state index in [1.54, 1.807) is 12.4 Å². The minimum Gasteiger partial charge on any atom is -0.368 e. The molecule has 0 saturated carbocycles. The standard InChI is InChI=1S/C16H14ClN5O/c1-8-11-4-10(17)5-12(9-6-20-16(18)21-7-9)14(11)22-3-2-19-15(23)13(8)22/h4-7H,2-3H2,1H3,(H,19,23)(H2,18,20,21). The molecule has 3 aromatic rings. The summed E-state index contributed by atoms with van der Waals surface area (Å²) >= 11 is 6.30. The van der Waals surface area contributed by atoms with Gasteiger partial charge in [0.2, 0.25) is 5.95 Å². The molecule has 7 heteroatoms. The van der Waals surface area contributed by atoms with Crippen molar-refractivity contribution in [1.29, 1.82) is 0 Å². The van der Waals surface area contributed by atoms with Crippen LogP contribution in [0.3, 0.4) is 0 Å².